The molecule has 10 heteroatoms. The number of hydrogen-bond acceptors (Lipinski definition) is 9. The van der Waals surface area contributed by atoms with Gasteiger partial charge in [0.05, 0.1) is 18.8 Å². The molecule has 4 heterocycles. The highest BCUT2D eigenvalue weighted by Crippen LogP contribution is 2.39. The van der Waals surface area contributed by atoms with Crippen LogP contribution in [-0.2, 0) is 9.57 Å². The van der Waals surface area contributed by atoms with Crippen molar-refractivity contribution in [3.05, 3.63) is 5.82 Å². The monoisotopic (exact) mass is 538 g/mol. The molecule has 214 valence electrons. The number of aliphatic imine (C=N–C) groups is 1. The molecule has 3 unspecified atom stereocenters. The number of nitrogens with one attached hydrogen (secondary N) is 2. The first kappa shape index (κ1) is 26.7. The third kappa shape index (κ3) is 5.34. The zero-order valence-electron chi connectivity index (χ0n) is 24.2. The Labute approximate surface area is 232 Å². The SMILES string of the molecule is CC[C@H](C)CCCC(C)n1c(N2CCOC3CCCC32)nc2nc(C3=NCON3)nc(N[C@H](C)C3CCC3)c21. The van der Waals surface area contributed by atoms with E-state index in [-0.39, 0.29) is 12.8 Å². The van der Waals surface area contributed by atoms with Crippen molar-refractivity contribution in [1.29, 1.82) is 0 Å². The van der Waals surface area contributed by atoms with E-state index in [9.17, 15) is 0 Å². The lowest BCUT2D eigenvalue weighted by atomic mass is 9.80. The van der Waals surface area contributed by atoms with Gasteiger partial charge in [-0.15, -0.1) is 0 Å². The molecule has 4 aliphatic rings. The molecule has 3 fully saturated rings. The fourth-order valence-electron chi connectivity index (χ4n) is 6.71. The smallest absolute Gasteiger partial charge is 0.208 e. The van der Waals surface area contributed by atoms with Gasteiger partial charge in [-0.25, -0.2) is 20.4 Å². The van der Waals surface area contributed by atoms with Gasteiger partial charge in [0.15, 0.2) is 24.0 Å². The number of hydroxylamine groups is 1. The van der Waals surface area contributed by atoms with Gasteiger partial charge < -0.3 is 19.5 Å². The van der Waals surface area contributed by atoms with E-state index in [0.29, 0.717) is 35.8 Å². The number of rotatable bonds is 11. The summed E-state index contributed by atoms with van der Waals surface area (Å²) in [5, 5.41) is 3.81. The summed E-state index contributed by atoms with van der Waals surface area (Å²) in [4.78, 5) is 27.5. The number of nitrogens with zero attached hydrogens (tertiary/aromatic N) is 6. The Bertz CT molecular complexity index is 1180. The minimum Gasteiger partial charge on any atom is -0.374 e. The second kappa shape index (κ2) is 11.6. The predicted octanol–water partition coefficient (Wildman–Crippen LogP) is 5.20. The summed E-state index contributed by atoms with van der Waals surface area (Å²) >= 11 is 0. The Morgan fingerprint density at radius 3 is 2.64 bits per heavy atom. The molecule has 10 nitrogen and oxygen atoms in total. The van der Waals surface area contributed by atoms with Crippen LogP contribution >= 0.6 is 0 Å². The number of ether oxygens (including phenoxy) is 1. The summed E-state index contributed by atoms with van der Waals surface area (Å²) in [6.07, 6.45) is 12.4. The van der Waals surface area contributed by atoms with Gasteiger partial charge in [0.25, 0.3) is 0 Å². The van der Waals surface area contributed by atoms with Crippen molar-refractivity contribution in [1.82, 2.24) is 25.0 Å². The van der Waals surface area contributed by atoms with Crippen LogP contribution in [0.15, 0.2) is 4.99 Å². The van der Waals surface area contributed by atoms with Gasteiger partial charge >= 0.3 is 0 Å². The topological polar surface area (TPSA) is 102 Å². The molecule has 0 amide bonds. The molecule has 39 heavy (non-hydrogen) atoms. The van der Waals surface area contributed by atoms with Gasteiger partial charge in [-0.05, 0) is 64.2 Å². The quantitative estimate of drug-likeness (QED) is 0.403. The second-order valence-electron chi connectivity index (χ2n) is 12.3. The Morgan fingerprint density at radius 2 is 1.90 bits per heavy atom. The average Bonchev–Trinajstić information content (AvgIpc) is 3.66. The van der Waals surface area contributed by atoms with Crippen molar-refractivity contribution in [3.8, 4) is 0 Å². The summed E-state index contributed by atoms with van der Waals surface area (Å²) in [6, 6.07) is 0.971. The number of aromatic nitrogens is 4. The maximum Gasteiger partial charge on any atom is 0.208 e. The van der Waals surface area contributed by atoms with Crippen LogP contribution in [0.2, 0.25) is 0 Å². The van der Waals surface area contributed by atoms with Crippen LogP contribution in [0.3, 0.4) is 0 Å². The van der Waals surface area contributed by atoms with E-state index in [1.807, 2.05) is 0 Å². The number of fused-ring (bicyclic) bond motifs is 2. The van der Waals surface area contributed by atoms with Crippen molar-refractivity contribution in [3.63, 3.8) is 0 Å². The summed E-state index contributed by atoms with van der Waals surface area (Å²) in [7, 11) is 0. The van der Waals surface area contributed by atoms with E-state index in [4.69, 9.17) is 24.5 Å². The standard InChI is InChI=1S/C29H46N8O2/c1-5-18(2)9-6-10-19(3)37-24-25(31-20(4)21-11-7-12-21)32-28(27-30-17-39-35-27)33-26(24)34-29(37)36-15-16-38-23-14-8-13-22(23)36/h18-23H,5-17H2,1-4H3,(H,30,35)(H,31,32,33)/t18-,19?,20+,22?,23?/m0/s1. The molecule has 2 aromatic rings. The third-order valence-electron chi connectivity index (χ3n) is 9.61. The van der Waals surface area contributed by atoms with Crippen molar-refractivity contribution < 1.29 is 9.57 Å². The molecule has 0 aromatic carbocycles. The number of anilines is 2. The van der Waals surface area contributed by atoms with Gasteiger partial charge in [0.1, 0.15) is 5.52 Å². The molecule has 0 bridgehead atoms. The second-order valence-corrected chi connectivity index (χ2v) is 12.3. The van der Waals surface area contributed by atoms with Gasteiger partial charge in [0.2, 0.25) is 11.8 Å². The maximum atomic E-state index is 6.18. The number of hydrogen-bond donors (Lipinski definition) is 2. The zero-order valence-corrected chi connectivity index (χ0v) is 24.2. The minimum absolute atomic E-state index is 0.266. The lowest BCUT2D eigenvalue weighted by Gasteiger charge is -2.39. The van der Waals surface area contributed by atoms with E-state index in [1.54, 1.807) is 0 Å². The van der Waals surface area contributed by atoms with Crippen LogP contribution in [0, 0.1) is 11.8 Å². The molecule has 2 aromatic heterocycles. The van der Waals surface area contributed by atoms with Crippen LogP contribution in [0.1, 0.15) is 104 Å². The van der Waals surface area contributed by atoms with E-state index < -0.39 is 0 Å². The highest BCUT2D eigenvalue weighted by molar-refractivity contribution is 5.98. The average molecular weight is 539 g/mol. The number of morpholine rings is 1. The molecule has 0 radical (unpaired) electrons. The van der Waals surface area contributed by atoms with Crippen LogP contribution in [0.4, 0.5) is 11.8 Å². The molecular formula is C29H46N8O2. The highest BCUT2D eigenvalue weighted by atomic mass is 16.7. The molecule has 6 rings (SSSR count). The van der Waals surface area contributed by atoms with Crippen LogP contribution in [-0.4, -0.2) is 63.4 Å². The van der Waals surface area contributed by atoms with Gasteiger partial charge in [-0.1, -0.05) is 39.5 Å². The maximum absolute atomic E-state index is 6.18. The summed E-state index contributed by atoms with van der Waals surface area (Å²) < 4.78 is 8.63. The Kier molecular flexibility index (Phi) is 7.93. The van der Waals surface area contributed by atoms with Gasteiger partial charge in [-0.3, -0.25) is 4.84 Å². The highest BCUT2D eigenvalue weighted by Gasteiger charge is 2.39. The van der Waals surface area contributed by atoms with Crippen molar-refractivity contribution >= 4 is 28.8 Å². The third-order valence-corrected chi connectivity index (χ3v) is 9.61. The van der Waals surface area contributed by atoms with Crippen LogP contribution < -0.4 is 15.7 Å². The van der Waals surface area contributed by atoms with Crippen LogP contribution in [0.25, 0.3) is 11.2 Å². The molecule has 5 atom stereocenters. The summed E-state index contributed by atoms with van der Waals surface area (Å²) in [6.45, 7) is 11.1. The van der Waals surface area contributed by atoms with Gasteiger partial charge in [0, 0.05) is 18.6 Å². The minimum atomic E-state index is 0.266. The zero-order chi connectivity index (χ0) is 26.9. The Hall–Kier alpha value is -2.46. The van der Waals surface area contributed by atoms with Crippen molar-refractivity contribution in [2.45, 2.75) is 116 Å². The molecule has 2 aliphatic heterocycles. The van der Waals surface area contributed by atoms with Crippen molar-refractivity contribution in [2.24, 2.45) is 16.8 Å². The molecule has 1 saturated heterocycles. The molecular weight excluding hydrogens is 492 g/mol. The van der Waals surface area contributed by atoms with Gasteiger partial charge in [-0.2, -0.15) is 4.98 Å². The number of imidazole rings is 1. The van der Waals surface area contributed by atoms with E-state index in [1.165, 1.54) is 44.9 Å². The first-order valence-electron chi connectivity index (χ1n) is 15.4. The summed E-state index contributed by atoms with van der Waals surface area (Å²) in [5.41, 5.74) is 4.62. The lowest BCUT2D eigenvalue weighted by Crippen LogP contribution is -2.49. The lowest BCUT2D eigenvalue weighted by molar-refractivity contribution is 0.0246. The van der Waals surface area contributed by atoms with Crippen LogP contribution in [0.5, 0.6) is 0 Å². The number of amidine groups is 1. The van der Waals surface area contributed by atoms with E-state index in [2.05, 4.69) is 53.0 Å². The Balaban J connectivity index is 1.44. The fourth-order valence-corrected chi connectivity index (χ4v) is 6.71. The molecule has 0 spiro atoms. The summed E-state index contributed by atoms with van der Waals surface area (Å²) in [5.74, 6) is 4.40. The first-order chi connectivity index (χ1) is 19.0. The normalized spacial score (nSPS) is 25.6. The molecule has 2 N–H and O–H groups in total. The molecule has 2 saturated carbocycles. The Morgan fingerprint density at radius 1 is 1.05 bits per heavy atom. The first-order valence-corrected chi connectivity index (χ1v) is 15.4. The predicted molar refractivity (Wildman–Crippen MR) is 154 cm³/mol. The van der Waals surface area contributed by atoms with E-state index >= 15 is 0 Å². The molecule has 2 aliphatic carbocycles. The largest absolute Gasteiger partial charge is 0.374 e. The van der Waals surface area contributed by atoms with Crippen molar-refractivity contribution in [2.75, 3.05) is 30.1 Å². The van der Waals surface area contributed by atoms with E-state index in [0.717, 1.165) is 61.3 Å². The fraction of sp³-hybridized carbons (Fsp3) is 0.793.